The number of Topliss-reactive ketones (excluding diaryl/α,β-unsaturated/α-hetero) is 1. The minimum Gasteiger partial charge on any atom is -0.480 e. The van der Waals surface area contributed by atoms with Crippen molar-refractivity contribution >= 4 is 17.7 Å². The number of benzene rings is 2. The summed E-state index contributed by atoms with van der Waals surface area (Å²) in [7, 11) is 0. The van der Waals surface area contributed by atoms with Gasteiger partial charge in [0.15, 0.2) is 0 Å². The maximum Gasteiger partial charge on any atom is 0.326 e. The van der Waals surface area contributed by atoms with Crippen LogP contribution < -0.4 is 5.32 Å². The summed E-state index contributed by atoms with van der Waals surface area (Å²) >= 11 is 0. The second kappa shape index (κ2) is 11.6. The van der Waals surface area contributed by atoms with Crippen LogP contribution in [0.5, 0.6) is 0 Å². The van der Waals surface area contributed by atoms with Gasteiger partial charge in [0.2, 0.25) is 0 Å². The standard InChI is InChI=1S/C20H21NO4.C2H6/c1-2-17(22)12-14-8-10-15(11-9-14)13-18(20(24)25)21-19(23)16-6-4-3-5-7-16;1-2/h3-11,18H,2,12-13H2,1H3,(H,21,23)(H,24,25);1-2H3/t18-;/m0./s1. The molecule has 0 saturated heterocycles. The Morgan fingerprint density at radius 1 is 0.926 bits per heavy atom. The van der Waals surface area contributed by atoms with Crippen molar-refractivity contribution in [3.8, 4) is 0 Å². The number of amides is 1. The zero-order valence-corrected chi connectivity index (χ0v) is 16.1. The second-order valence-electron chi connectivity index (χ2n) is 5.82. The molecular weight excluding hydrogens is 342 g/mol. The van der Waals surface area contributed by atoms with Gasteiger partial charge in [0.05, 0.1) is 0 Å². The summed E-state index contributed by atoms with van der Waals surface area (Å²) in [6, 6.07) is 14.7. The van der Waals surface area contributed by atoms with Gasteiger partial charge in [-0.25, -0.2) is 4.79 Å². The topological polar surface area (TPSA) is 83.5 Å². The number of nitrogens with one attached hydrogen (secondary N) is 1. The highest BCUT2D eigenvalue weighted by Gasteiger charge is 2.21. The van der Waals surface area contributed by atoms with Gasteiger partial charge in [0.1, 0.15) is 11.8 Å². The molecule has 0 aliphatic heterocycles. The average Bonchev–Trinajstić information content (AvgIpc) is 2.70. The number of hydrogen-bond acceptors (Lipinski definition) is 3. The number of ketones is 1. The maximum atomic E-state index is 12.1. The van der Waals surface area contributed by atoms with E-state index in [1.165, 1.54) is 0 Å². The van der Waals surface area contributed by atoms with Crippen molar-refractivity contribution in [2.45, 2.75) is 46.1 Å². The van der Waals surface area contributed by atoms with E-state index >= 15 is 0 Å². The summed E-state index contributed by atoms with van der Waals surface area (Å²) in [5, 5.41) is 11.9. The van der Waals surface area contributed by atoms with Crippen molar-refractivity contribution in [1.82, 2.24) is 5.32 Å². The Bertz CT molecular complexity index is 739. The summed E-state index contributed by atoms with van der Waals surface area (Å²) in [5.74, 6) is -1.35. The van der Waals surface area contributed by atoms with Gasteiger partial charge in [-0.2, -0.15) is 0 Å². The van der Waals surface area contributed by atoms with Crippen LogP contribution in [-0.2, 0) is 22.4 Å². The van der Waals surface area contributed by atoms with Gasteiger partial charge in [-0.05, 0) is 23.3 Å². The molecule has 0 aromatic heterocycles. The lowest BCUT2D eigenvalue weighted by Gasteiger charge is -2.15. The minimum absolute atomic E-state index is 0.159. The van der Waals surface area contributed by atoms with Crippen molar-refractivity contribution in [2.24, 2.45) is 0 Å². The highest BCUT2D eigenvalue weighted by molar-refractivity contribution is 5.96. The third-order valence-electron chi connectivity index (χ3n) is 3.90. The van der Waals surface area contributed by atoms with Crippen LogP contribution >= 0.6 is 0 Å². The highest BCUT2D eigenvalue weighted by atomic mass is 16.4. The number of carboxylic acids is 1. The fourth-order valence-corrected chi connectivity index (χ4v) is 2.41. The van der Waals surface area contributed by atoms with Gasteiger partial charge < -0.3 is 10.4 Å². The molecule has 5 nitrogen and oxygen atoms in total. The third-order valence-corrected chi connectivity index (χ3v) is 3.90. The van der Waals surface area contributed by atoms with Gasteiger partial charge in [0, 0.05) is 24.8 Å². The first-order chi connectivity index (χ1) is 13.0. The number of carbonyl (C=O) groups excluding carboxylic acids is 2. The van der Waals surface area contributed by atoms with E-state index < -0.39 is 17.9 Å². The van der Waals surface area contributed by atoms with E-state index in [0.29, 0.717) is 18.4 Å². The van der Waals surface area contributed by atoms with E-state index in [1.54, 1.807) is 42.5 Å². The lowest BCUT2D eigenvalue weighted by atomic mass is 10.0. The summed E-state index contributed by atoms with van der Waals surface area (Å²) in [6.45, 7) is 5.82. The second-order valence-corrected chi connectivity index (χ2v) is 5.82. The van der Waals surface area contributed by atoms with Crippen LogP contribution in [0, 0.1) is 0 Å². The van der Waals surface area contributed by atoms with Gasteiger partial charge in [0.25, 0.3) is 5.91 Å². The molecule has 0 aliphatic carbocycles. The Balaban J connectivity index is 0.00000176. The molecule has 0 heterocycles. The number of aliphatic carboxylic acids is 1. The molecule has 0 radical (unpaired) electrons. The van der Waals surface area contributed by atoms with E-state index in [4.69, 9.17) is 0 Å². The number of carboxylic acid groups (broad SMARTS) is 1. The van der Waals surface area contributed by atoms with E-state index in [-0.39, 0.29) is 12.2 Å². The minimum atomic E-state index is -1.09. The molecule has 0 unspecified atom stereocenters. The zero-order chi connectivity index (χ0) is 20.2. The predicted octanol–water partition coefficient (Wildman–Crippen LogP) is 3.66. The van der Waals surface area contributed by atoms with E-state index in [9.17, 15) is 19.5 Å². The fraction of sp³-hybridized carbons (Fsp3) is 0.318. The van der Waals surface area contributed by atoms with Crippen LogP contribution in [0.25, 0.3) is 0 Å². The predicted molar refractivity (Wildman–Crippen MR) is 106 cm³/mol. The summed E-state index contributed by atoms with van der Waals surface area (Å²) in [6.07, 6.45) is 1.05. The van der Waals surface area contributed by atoms with Crippen LogP contribution in [0.15, 0.2) is 54.6 Å². The Hall–Kier alpha value is -2.95. The van der Waals surface area contributed by atoms with E-state index in [1.807, 2.05) is 32.9 Å². The summed E-state index contributed by atoms with van der Waals surface area (Å²) in [5.41, 5.74) is 2.10. The van der Waals surface area contributed by atoms with Crippen molar-refractivity contribution in [2.75, 3.05) is 0 Å². The molecule has 0 aliphatic rings. The van der Waals surface area contributed by atoms with Gasteiger partial charge >= 0.3 is 5.97 Å². The average molecular weight is 369 g/mol. The first kappa shape index (κ1) is 22.1. The van der Waals surface area contributed by atoms with E-state index in [2.05, 4.69) is 5.32 Å². The summed E-state index contributed by atoms with van der Waals surface area (Å²) < 4.78 is 0. The fourth-order valence-electron chi connectivity index (χ4n) is 2.41. The molecule has 0 saturated carbocycles. The third kappa shape index (κ3) is 7.44. The lowest BCUT2D eigenvalue weighted by Crippen LogP contribution is -2.42. The Morgan fingerprint density at radius 3 is 2.00 bits per heavy atom. The molecule has 144 valence electrons. The number of hydrogen-bond donors (Lipinski definition) is 2. The van der Waals surface area contributed by atoms with Crippen LogP contribution in [0.1, 0.15) is 48.7 Å². The number of rotatable bonds is 8. The lowest BCUT2D eigenvalue weighted by molar-refractivity contribution is -0.139. The molecule has 0 fully saturated rings. The smallest absolute Gasteiger partial charge is 0.326 e. The van der Waals surface area contributed by atoms with Crippen LogP contribution in [0.3, 0.4) is 0 Å². The van der Waals surface area contributed by atoms with Crippen LogP contribution in [0.2, 0.25) is 0 Å². The molecular formula is C22H27NO4. The van der Waals surface area contributed by atoms with Crippen molar-refractivity contribution in [1.29, 1.82) is 0 Å². The quantitative estimate of drug-likeness (QED) is 0.744. The SMILES string of the molecule is CC.CCC(=O)Cc1ccc(C[C@H](NC(=O)c2ccccc2)C(=O)O)cc1. The molecule has 1 atom stereocenters. The molecule has 0 bridgehead atoms. The molecule has 2 rings (SSSR count). The maximum absolute atomic E-state index is 12.1. The van der Waals surface area contributed by atoms with Gasteiger partial charge in [-0.15, -0.1) is 0 Å². The van der Waals surface area contributed by atoms with Crippen molar-refractivity contribution in [3.05, 3.63) is 71.3 Å². The molecule has 5 heteroatoms. The largest absolute Gasteiger partial charge is 0.480 e. The van der Waals surface area contributed by atoms with Gasteiger partial charge in [-0.1, -0.05) is 63.2 Å². The normalized spacial score (nSPS) is 10.9. The van der Waals surface area contributed by atoms with E-state index in [0.717, 1.165) is 11.1 Å². The zero-order valence-electron chi connectivity index (χ0n) is 16.1. The first-order valence-corrected chi connectivity index (χ1v) is 9.17. The van der Waals surface area contributed by atoms with Crippen LogP contribution in [0.4, 0.5) is 0 Å². The Morgan fingerprint density at radius 2 is 1.48 bits per heavy atom. The van der Waals surface area contributed by atoms with Crippen molar-refractivity contribution in [3.63, 3.8) is 0 Å². The Kier molecular flexibility index (Phi) is 9.51. The molecule has 0 spiro atoms. The number of carbonyl (C=O) groups is 3. The summed E-state index contributed by atoms with van der Waals surface area (Å²) in [4.78, 5) is 35.1. The molecule has 1 amide bonds. The molecule has 2 aromatic carbocycles. The highest BCUT2D eigenvalue weighted by Crippen LogP contribution is 2.10. The molecule has 27 heavy (non-hydrogen) atoms. The molecule has 2 N–H and O–H groups in total. The first-order valence-electron chi connectivity index (χ1n) is 9.17. The van der Waals surface area contributed by atoms with Crippen molar-refractivity contribution < 1.29 is 19.5 Å². The monoisotopic (exact) mass is 369 g/mol. The van der Waals surface area contributed by atoms with Gasteiger partial charge in [-0.3, -0.25) is 9.59 Å². The Labute approximate surface area is 160 Å². The molecule has 2 aromatic rings. The van der Waals surface area contributed by atoms with Crippen LogP contribution in [-0.4, -0.2) is 28.8 Å².